The maximum Gasteiger partial charge on any atom is 0.240 e. The number of guanidine groups is 1. The van der Waals surface area contributed by atoms with Crippen LogP contribution in [0.3, 0.4) is 0 Å². The molecule has 2 aromatic carbocycles. The third-order valence-electron chi connectivity index (χ3n) is 4.36. The Morgan fingerprint density at radius 2 is 1.77 bits per heavy atom. The summed E-state index contributed by atoms with van der Waals surface area (Å²) in [5.41, 5.74) is 2.03. The van der Waals surface area contributed by atoms with Gasteiger partial charge in [0.1, 0.15) is 5.75 Å². The predicted molar refractivity (Wildman–Crippen MR) is 118 cm³/mol. The van der Waals surface area contributed by atoms with Gasteiger partial charge < -0.3 is 20.1 Å². The fourth-order valence-electron chi connectivity index (χ4n) is 2.71. The number of nitrogens with one attached hydrogen (secondary N) is 3. The average molecular weight is 435 g/mol. The lowest BCUT2D eigenvalue weighted by atomic mass is 10.1. The molecule has 0 aromatic heterocycles. The van der Waals surface area contributed by atoms with Crippen molar-refractivity contribution in [2.24, 2.45) is 4.99 Å². The Morgan fingerprint density at radius 3 is 2.43 bits per heavy atom. The summed E-state index contributed by atoms with van der Waals surface area (Å²) < 4.78 is 37.2. The first-order chi connectivity index (χ1) is 14.5. The van der Waals surface area contributed by atoms with E-state index in [-0.39, 0.29) is 11.4 Å². The molecule has 0 aliphatic rings. The first-order valence-corrected chi connectivity index (χ1v) is 11.1. The van der Waals surface area contributed by atoms with Crippen LogP contribution in [-0.2, 0) is 27.7 Å². The van der Waals surface area contributed by atoms with E-state index in [1.807, 2.05) is 30.3 Å². The van der Waals surface area contributed by atoms with Gasteiger partial charge in [-0.15, -0.1) is 0 Å². The van der Waals surface area contributed by atoms with Crippen LogP contribution in [0.25, 0.3) is 0 Å². The fraction of sp³-hybridized carbons (Fsp3) is 0.381. The van der Waals surface area contributed by atoms with Gasteiger partial charge in [-0.1, -0.05) is 24.3 Å². The zero-order valence-corrected chi connectivity index (χ0v) is 18.5. The summed E-state index contributed by atoms with van der Waals surface area (Å²) in [5, 5.41) is 6.46. The van der Waals surface area contributed by atoms with E-state index in [1.54, 1.807) is 32.4 Å². The van der Waals surface area contributed by atoms with Crippen molar-refractivity contribution in [3.63, 3.8) is 0 Å². The van der Waals surface area contributed by atoms with Gasteiger partial charge in [0.15, 0.2) is 5.96 Å². The largest absolute Gasteiger partial charge is 0.497 e. The number of hydrogen-bond acceptors (Lipinski definition) is 5. The highest BCUT2D eigenvalue weighted by atomic mass is 32.2. The quantitative estimate of drug-likeness (QED) is 0.282. The molecular weight excluding hydrogens is 404 g/mol. The minimum Gasteiger partial charge on any atom is -0.497 e. The summed E-state index contributed by atoms with van der Waals surface area (Å²) in [5.74, 6) is 1.48. The number of benzene rings is 2. The molecule has 0 atom stereocenters. The Balaban J connectivity index is 1.85. The van der Waals surface area contributed by atoms with Crippen LogP contribution in [0.4, 0.5) is 0 Å². The molecule has 0 saturated carbocycles. The van der Waals surface area contributed by atoms with E-state index in [0.717, 1.165) is 17.7 Å². The van der Waals surface area contributed by atoms with Crippen LogP contribution in [0.15, 0.2) is 58.4 Å². The number of rotatable bonds is 11. The smallest absolute Gasteiger partial charge is 0.240 e. The van der Waals surface area contributed by atoms with Crippen LogP contribution < -0.4 is 20.1 Å². The van der Waals surface area contributed by atoms with Gasteiger partial charge in [-0.2, -0.15) is 0 Å². The topological polar surface area (TPSA) is 101 Å². The Morgan fingerprint density at radius 1 is 1.00 bits per heavy atom. The summed E-state index contributed by atoms with van der Waals surface area (Å²) >= 11 is 0. The first-order valence-electron chi connectivity index (χ1n) is 9.63. The van der Waals surface area contributed by atoms with Gasteiger partial charge in [0.2, 0.25) is 10.0 Å². The Hall–Kier alpha value is -2.62. The van der Waals surface area contributed by atoms with Crippen LogP contribution in [-0.4, -0.2) is 55.3 Å². The van der Waals surface area contributed by atoms with Gasteiger partial charge >= 0.3 is 0 Å². The van der Waals surface area contributed by atoms with Gasteiger partial charge in [-0.3, -0.25) is 4.99 Å². The Bertz CT molecular complexity index is 915. The molecule has 0 unspecified atom stereocenters. The molecule has 0 saturated heterocycles. The molecule has 3 N–H and O–H groups in total. The van der Waals surface area contributed by atoms with E-state index < -0.39 is 10.0 Å². The normalized spacial score (nSPS) is 11.9. The second-order valence-electron chi connectivity index (χ2n) is 6.49. The lowest BCUT2D eigenvalue weighted by molar-refractivity contribution is 0.204. The van der Waals surface area contributed by atoms with Gasteiger partial charge in [0.05, 0.1) is 18.6 Å². The predicted octanol–water partition coefficient (Wildman–Crippen LogP) is 1.53. The number of hydrogen-bond donors (Lipinski definition) is 3. The van der Waals surface area contributed by atoms with Crippen molar-refractivity contribution in [2.45, 2.75) is 17.9 Å². The number of aliphatic imine (C=N–C) groups is 1. The highest BCUT2D eigenvalue weighted by Gasteiger charge is 2.13. The maximum atomic E-state index is 12.3. The van der Waals surface area contributed by atoms with Gasteiger partial charge in [-0.05, 0) is 41.8 Å². The third kappa shape index (κ3) is 7.66. The molecule has 164 valence electrons. The Labute approximate surface area is 178 Å². The molecule has 2 rings (SSSR count). The third-order valence-corrected chi connectivity index (χ3v) is 5.81. The second-order valence-corrected chi connectivity index (χ2v) is 8.26. The second kappa shape index (κ2) is 12.2. The molecule has 0 fully saturated rings. The van der Waals surface area contributed by atoms with Crippen molar-refractivity contribution in [1.82, 2.24) is 15.4 Å². The summed E-state index contributed by atoms with van der Waals surface area (Å²) in [6.07, 6.45) is 0.839. The molecule has 0 aliphatic carbocycles. The van der Waals surface area contributed by atoms with Crippen molar-refractivity contribution >= 4 is 16.0 Å². The summed E-state index contributed by atoms with van der Waals surface area (Å²) in [4.78, 5) is 4.44. The van der Waals surface area contributed by atoms with E-state index in [4.69, 9.17) is 9.47 Å². The minimum absolute atomic E-state index is 0.223. The van der Waals surface area contributed by atoms with Crippen molar-refractivity contribution in [3.8, 4) is 5.75 Å². The Kier molecular flexibility index (Phi) is 9.59. The highest BCUT2D eigenvalue weighted by Crippen LogP contribution is 2.12. The molecular formula is C21H30N4O4S. The lowest BCUT2D eigenvalue weighted by Crippen LogP contribution is -2.37. The SMILES string of the molecule is CN=C(NCCc1ccc(OC)cc1)NCc1cccc(S(=O)(=O)NCCOC)c1. The number of nitrogens with zero attached hydrogens (tertiary/aromatic N) is 1. The molecule has 2 aromatic rings. The molecule has 0 bridgehead atoms. The molecule has 0 aliphatic heterocycles. The van der Waals surface area contributed by atoms with E-state index >= 15 is 0 Å². The van der Waals surface area contributed by atoms with Crippen LogP contribution in [0.2, 0.25) is 0 Å². The minimum atomic E-state index is -3.56. The van der Waals surface area contributed by atoms with E-state index in [2.05, 4.69) is 20.3 Å². The summed E-state index contributed by atoms with van der Waals surface area (Å²) in [6.45, 7) is 1.71. The highest BCUT2D eigenvalue weighted by molar-refractivity contribution is 7.89. The van der Waals surface area contributed by atoms with Crippen molar-refractivity contribution < 1.29 is 17.9 Å². The van der Waals surface area contributed by atoms with Crippen molar-refractivity contribution in [3.05, 3.63) is 59.7 Å². The number of sulfonamides is 1. The van der Waals surface area contributed by atoms with Crippen LogP contribution >= 0.6 is 0 Å². The molecule has 0 radical (unpaired) electrons. The van der Waals surface area contributed by atoms with Gasteiger partial charge in [0, 0.05) is 33.8 Å². The average Bonchev–Trinajstić information content (AvgIpc) is 2.77. The zero-order chi connectivity index (χ0) is 21.8. The summed E-state index contributed by atoms with van der Waals surface area (Å²) in [7, 11) is 1.31. The van der Waals surface area contributed by atoms with E-state index in [9.17, 15) is 8.42 Å². The molecule has 0 heterocycles. The standard InChI is InChI=1S/C21H30N4O4S/c1-22-21(23-12-11-17-7-9-19(29-3)10-8-17)24-16-18-5-4-6-20(15-18)30(26,27)25-13-14-28-2/h4-10,15,25H,11-14,16H2,1-3H3,(H2,22,23,24). The molecule has 9 heteroatoms. The van der Waals surface area contributed by atoms with Crippen LogP contribution in [0.1, 0.15) is 11.1 Å². The molecule has 30 heavy (non-hydrogen) atoms. The van der Waals surface area contributed by atoms with E-state index in [0.29, 0.717) is 25.7 Å². The summed E-state index contributed by atoms with van der Waals surface area (Å²) in [6, 6.07) is 14.7. The maximum absolute atomic E-state index is 12.3. The number of ether oxygens (including phenoxy) is 2. The van der Waals surface area contributed by atoms with E-state index in [1.165, 1.54) is 12.7 Å². The first kappa shape index (κ1) is 23.7. The van der Waals surface area contributed by atoms with Crippen LogP contribution in [0.5, 0.6) is 5.75 Å². The van der Waals surface area contributed by atoms with Crippen molar-refractivity contribution in [1.29, 1.82) is 0 Å². The zero-order valence-electron chi connectivity index (χ0n) is 17.6. The molecule has 0 amide bonds. The molecule has 0 spiro atoms. The van der Waals surface area contributed by atoms with Crippen molar-refractivity contribution in [2.75, 3.05) is 41.0 Å². The van der Waals surface area contributed by atoms with Gasteiger partial charge in [-0.25, -0.2) is 13.1 Å². The van der Waals surface area contributed by atoms with Gasteiger partial charge in [0.25, 0.3) is 0 Å². The lowest BCUT2D eigenvalue weighted by Gasteiger charge is -2.13. The fourth-order valence-corrected chi connectivity index (χ4v) is 3.79. The molecule has 8 nitrogen and oxygen atoms in total. The van der Waals surface area contributed by atoms with Crippen LogP contribution in [0, 0.1) is 0 Å². The monoisotopic (exact) mass is 434 g/mol. The number of methoxy groups -OCH3 is 2.